The van der Waals surface area contributed by atoms with Crippen molar-refractivity contribution >= 4 is 23.2 Å². The van der Waals surface area contributed by atoms with Gasteiger partial charge in [0.15, 0.2) is 0 Å². The molecule has 3 unspecified atom stereocenters. The maximum Gasteiger partial charge on any atom is 0.243 e. The molecular formula is C28H35N5O2S. The highest BCUT2D eigenvalue weighted by atomic mass is 32.1. The van der Waals surface area contributed by atoms with E-state index in [1.807, 2.05) is 23.8 Å². The molecule has 3 atom stereocenters. The standard InChI is InChI=1S/C28H35N5O2S/c1-18-9-10-19(2)20(12-18)15-32-17-30-24-14-25(28(35)31-23-8-4-3-7-22(23)29)33(16-26(24)32)27(34)13-21-6-5-11-36-21/h5-6,9-12,17,22-23,25H,3-4,7-8,13-16,29H2,1-2H3,(H,31,35). The number of hydrogen-bond acceptors (Lipinski definition) is 5. The summed E-state index contributed by atoms with van der Waals surface area (Å²) >= 11 is 1.57. The van der Waals surface area contributed by atoms with Gasteiger partial charge in [0, 0.05) is 29.9 Å². The first kappa shape index (κ1) is 24.7. The zero-order valence-electron chi connectivity index (χ0n) is 21.1. The van der Waals surface area contributed by atoms with Gasteiger partial charge in [0.2, 0.25) is 11.8 Å². The van der Waals surface area contributed by atoms with Crippen LogP contribution in [-0.2, 0) is 35.5 Å². The minimum atomic E-state index is -0.580. The van der Waals surface area contributed by atoms with Gasteiger partial charge in [-0.15, -0.1) is 11.3 Å². The van der Waals surface area contributed by atoms with Crippen LogP contribution in [0.25, 0.3) is 0 Å². The number of fused-ring (bicyclic) bond motifs is 1. The van der Waals surface area contributed by atoms with Crippen molar-refractivity contribution in [2.24, 2.45) is 5.73 Å². The summed E-state index contributed by atoms with van der Waals surface area (Å²) in [4.78, 5) is 34.5. The second-order valence-corrected chi connectivity index (χ2v) is 11.3. The molecule has 7 nitrogen and oxygen atoms in total. The van der Waals surface area contributed by atoms with Crippen LogP contribution in [0.5, 0.6) is 0 Å². The summed E-state index contributed by atoms with van der Waals surface area (Å²) in [6.07, 6.45) is 6.54. The highest BCUT2D eigenvalue weighted by Crippen LogP contribution is 2.27. The molecule has 3 aromatic rings. The van der Waals surface area contributed by atoms with Gasteiger partial charge in [-0.05, 0) is 49.3 Å². The molecule has 3 N–H and O–H groups in total. The van der Waals surface area contributed by atoms with Crippen LogP contribution < -0.4 is 11.1 Å². The van der Waals surface area contributed by atoms with Gasteiger partial charge in [-0.2, -0.15) is 0 Å². The van der Waals surface area contributed by atoms with Crippen LogP contribution in [0.3, 0.4) is 0 Å². The zero-order valence-corrected chi connectivity index (χ0v) is 21.9. The van der Waals surface area contributed by atoms with Crippen molar-refractivity contribution in [2.45, 2.75) is 83.6 Å². The number of amides is 2. The first-order chi connectivity index (χ1) is 17.4. The molecule has 1 fully saturated rings. The predicted molar refractivity (Wildman–Crippen MR) is 142 cm³/mol. The third kappa shape index (κ3) is 5.25. The third-order valence-electron chi connectivity index (χ3n) is 7.64. The maximum atomic E-state index is 13.5. The van der Waals surface area contributed by atoms with Crippen molar-refractivity contribution in [3.63, 3.8) is 0 Å². The fraction of sp³-hybridized carbons (Fsp3) is 0.464. The largest absolute Gasteiger partial charge is 0.350 e. The van der Waals surface area contributed by atoms with E-state index in [-0.39, 0.29) is 23.9 Å². The molecule has 190 valence electrons. The normalized spacial score (nSPS) is 21.8. The number of nitrogens with two attached hydrogens (primary N) is 1. The molecule has 1 aliphatic carbocycles. The van der Waals surface area contributed by atoms with Crippen molar-refractivity contribution < 1.29 is 9.59 Å². The molecule has 0 spiro atoms. The maximum absolute atomic E-state index is 13.5. The summed E-state index contributed by atoms with van der Waals surface area (Å²) in [6.45, 7) is 5.28. The molecule has 0 radical (unpaired) electrons. The highest BCUT2D eigenvalue weighted by Gasteiger charge is 2.38. The topological polar surface area (TPSA) is 93.2 Å². The average Bonchev–Trinajstić information content (AvgIpc) is 3.52. The van der Waals surface area contributed by atoms with E-state index in [9.17, 15) is 9.59 Å². The lowest BCUT2D eigenvalue weighted by Crippen LogP contribution is -2.58. The Kier molecular flexibility index (Phi) is 7.25. The number of imidazole rings is 1. The number of aryl methyl sites for hydroxylation is 2. The highest BCUT2D eigenvalue weighted by molar-refractivity contribution is 7.10. The zero-order chi connectivity index (χ0) is 25.2. The number of nitrogens with one attached hydrogen (secondary N) is 1. The smallest absolute Gasteiger partial charge is 0.243 e. The summed E-state index contributed by atoms with van der Waals surface area (Å²) in [5.41, 5.74) is 11.9. The second-order valence-electron chi connectivity index (χ2n) is 10.3. The SMILES string of the molecule is Cc1ccc(C)c(Cn2cnc3c2CN(C(=O)Cc2cccs2)C(C(=O)NC2CCCCC2N)C3)c1. The number of rotatable bonds is 6. The Labute approximate surface area is 216 Å². The molecule has 0 bridgehead atoms. The van der Waals surface area contributed by atoms with Gasteiger partial charge in [-0.3, -0.25) is 9.59 Å². The van der Waals surface area contributed by atoms with Gasteiger partial charge >= 0.3 is 0 Å². The predicted octanol–water partition coefficient (Wildman–Crippen LogP) is 3.49. The Balaban J connectivity index is 1.41. The average molecular weight is 506 g/mol. The summed E-state index contributed by atoms with van der Waals surface area (Å²) in [5.74, 6) is -0.151. The molecule has 3 heterocycles. The van der Waals surface area contributed by atoms with E-state index in [1.165, 1.54) is 16.7 Å². The molecule has 1 saturated carbocycles. The minimum absolute atomic E-state index is 0.0318. The van der Waals surface area contributed by atoms with Gasteiger partial charge in [0.05, 0.1) is 30.7 Å². The third-order valence-corrected chi connectivity index (χ3v) is 8.51. The molecule has 2 aromatic heterocycles. The van der Waals surface area contributed by atoms with Crippen LogP contribution in [0, 0.1) is 13.8 Å². The summed E-state index contributed by atoms with van der Waals surface area (Å²) in [5, 5.41) is 5.16. The van der Waals surface area contributed by atoms with Crippen molar-refractivity contribution in [2.75, 3.05) is 0 Å². The second kappa shape index (κ2) is 10.6. The Morgan fingerprint density at radius 1 is 1.19 bits per heavy atom. The molecule has 1 aliphatic heterocycles. The van der Waals surface area contributed by atoms with Crippen LogP contribution in [-0.4, -0.2) is 44.4 Å². The number of benzene rings is 1. The number of aromatic nitrogens is 2. The first-order valence-corrected chi connectivity index (χ1v) is 13.7. The molecule has 2 amide bonds. The molecule has 36 heavy (non-hydrogen) atoms. The van der Waals surface area contributed by atoms with Gasteiger partial charge in [0.1, 0.15) is 6.04 Å². The minimum Gasteiger partial charge on any atom is -0.350 e. The Morgan fingerprint density at radius 3 is 2.81 bits per heavy atom. The quantitative estimate of drug-likeness (QED) is 0.536. The number of nitrogens with zero attached hydrogens (tertiary/aromatic N) is 3. The summed E-state index contributed by atoms with van der Waals surface area (Å²) in [7, 11) is 0. The van der Waals surface area contributed by atoms with Crippen LogP contribution in [0.2, 0.25) is 0 Å². The van der Waals surface area contributed by atoms with E-state index in [0.717, 1.165) is 41.9 Å². The number of carbonyl (C=O) groups excluding carboxylic acids is 2. The van der Waals surface area contributed by atoms with Gasteiger partial charge < -0.3 is 20.5 Å². The van der Waals surface area contributed by atoms with Crippen molar-refractivity contribution in [3.8, 4) is 0 Å². The van der Waals surface area contributed by atoms with Gasteiger partial charge in [-0.25, -0.2) is 4.98 Å². The van der Waals surface area contributed by atoms with E-state index in [2.05, 4.69) is 41.9 Å². The molecule has 2 aliphatic rings. The van der Waals surface area contributed by atoms with Gasteiger partial charge in [0.25, 0.3) is 0 Å². The van der Waals surface area contributed by atoms with E-state index in [4.69, 9.17) is 10.7 Å². The lowest BCUT2D eigenvalue weighted by Gasteiger charge is -2.37. The van der Waals surface area contributed by atoms with E-state index >= 15 is 0 Å². The van der Waals surface area contributed by atoms with Crippen LogP contribution in [0.15, 0.2) is 42.0 Å². The van der Waals surface area contributed by atoms with E-state index in [1.54, 1.807) is 16.2 Å². The fourth-order valence-electron chi connectivity index (χ4n) is 5.43. The first-order valence-electron chi connectivity index (χ1n) is 12.9. The molecule has 1 aromatic carbocycles. The summed E-state index contributed by atoms with van der Waals surface area (Å²) < 4.78 is 2.13. The van der Waals surface area contributed by atoms with Crippen molar-refractivity contribution in [3.05, 3.63) is 75.0 Å². The Hall–Kier alpha value is -2.97. The molecular weight excluding hydrogens is 470 g/mol. The van der Waals surface area contributed by atoms with Crippen molar-refractivity contribution in [1.29, 1.82) is 0 Å². The van der Waals surface area contributed by atoms with Crippen LogP contribution in [0.1, 0.15) is 58.6 Å². The number of carbonyl (C=O) groups is 2. The van der Waals surface area contributed by atoms with E-state index in [0.29, 0.717) is 25.9 Å². The lowest BCUT2D eigenvalue weighted by atomic mass is 9.90. The Morgan fingerprint density at radius 2 is 2.03 bits per heavy atom. The molecule has 8 heteroatoms. The monoisotopic (exact) mass is 505 g/mol. The fourth-order valence-corrected chi connectivity index (χ4v) is 6.13. The van der Waals surface area contributed by atoms with Gasteiger partial charge in [-0.1, -0.05) is 42.7 Å². The molecule has 0 saturated heterocycles. The number of hydrogen-bond donors (Lipinski definition) is 2. The molecule has 5 rings (SSSR count). The lowest BCUT2D eigenvalue weighted by molar-refractivity contribution is -0.141. The van der Waals surface area contributed by atoms with Crippen LogP contribution >= 0.6 is 11.3 Å². The Bertz CT molecular complexity index is 1230. The number of thiophene rings is 1. The van der Waals surface area contributed by atoms with Crippen LogP contribution in [0.4, 0.5) is 0 Å². The van der Waals surface area contributed by atoms with E-state index < -0.39 is 6.04 Å². The van der Waals surface area contributed by atoms with Crippen molar-refractivity contribution in [1.82, 2.24) is 19.8 Å². The summed E-state index contributed by atoms with van der Waals surface area (Å²) in [6, 6.07) is 9.73.